The zero-order valence-electron chi connectivity index (χ0n) is 18.8. The molecule has 1 amide bonds. The zero-order chi connectivity index (χ0) is 22.4. The van der Waals surface area contributed by atoms with Gasteiger partial charge >= 0.3 is 0 Å². The number of nitrogens with one attached hydrogen (secondary N) is 1. The van der Waals surface area contributed by atoms with Crippen LogP contribution in [0.15, 0.2) is 40.8 Å². The second kappa shape index (κ2) is 10.5. The number of aryl methyl sites for hydroxylation is 1. The van der Waals surface area contributed by atoms with Crippen molar-refractivity contribution in [2.75, 3.05) is 26.2 Å². The highest BCUT2D eigenvalue weighted by atomic mass is 32.2. The first-order chi connectivity index (χ1) is 14.7. The van der Waals surface area contributed by atoms with Crippen LogP contribution in [0.5, 0.6) is 0 Å². The number of piperidine rings is 1. The molecule has 1 aliphatic heterocycles. The molecule has 2 atom stereocenters. The molecular weight excluding hydrogens is 412 g/mol. The van der Waals surface area contributed by atoms with Crippen LogP contribution in [0.4, 0.5) is 0 Å². The van der Waals surface area contributed by atoms with Gasteiger partial charge in [-0.15, -0.1) is 0 Å². The van der Waals surface area contributed by atoms with Crippen molar-refractivity contribution < 1.29 is 17.6 Å². The lowest BCUT2D eigenvalue weighted by molar-refractivity contribution is 0.0918. The van der Waals surface area contributed by atoms with Crippen molar-refractivity contribution in [2.45, 2.75) is 45.1 Å². The molecule has 6 nitrogen and oxygen atoms in total. The lowest BCUT2D eigenvalue weighted by atomic mass is 9.92. The van der Waals surface area contributed by atoms with E-state index in [1.807, 2.05) is 25.1 Å². The SMILES string of the molecule is Cc1cccc(CS(=O)(=O)Cc2ccc(C(=O)NCCCN3CC(C)CC(C)C3)o2)c1. The number of sulfone groups is 1. The van der Waals surface area contributed by atoms with Gasteiger partial charge in [0, 0.05) is 19.6 Å². The van der Waals surface area contributed by atoms with Gasteiger partial charge in [0.05, 0.1) is 5.75 Å². The molecule has 0 saturated carbocycles. The first kappa shape index (κ1) is 23.5. The van der Waals surface area contributed by atoms with E-state index in [1.54, 1.807) is 18.2 Å². The minimum atomic E-state index is -3.39. The molecule has 2 unspecified atom stereocenters. The zero-order valence-corrected chi connectivity index (χ0v) is 19.6. The fraction of sp³-hybridized carbons (Fsp3) is 0.542. The van der Waals surface area contributed by atoms with Crippen molar-refractivity contribution in [1.29, 1.82) is 0 Å². The molecule has 2 aromatic rings. The summed E-state index contributed by atoms with van der Waals surface area (Å²) >= 11 is 0. The van der Waals surface area contributed by atoms with E-state index in [0.717, 1.165) is 49.0 Å². The minimum Gasteiger partial charge on any atom is -0.455 e. The molecule has 0 aliphatic carbocycles. The third-order valence-corrected chi connectivity index (χ3v) is 7.10. The summed E-state index contributed by atoms with van der Waals surface area (Å²) < 4.78 is 30.5. The Kier molecular flexibility index (Phi) is 7.94. The Balaban J connectivity index is 1.44. The van der Waals surface area contributed by atoms with Gasteiger partial charge in [-0.1, -0.05) is 43.7 Å². The Labute approximate surface area is 185 Å². The molecule has 7 heteroatoms. The highest BCUT2D eigenvalue weighted by Gasteiger charge is 2.21. The van der Waals surface area contributed by atoms with Crippen molar-refractivity contribution in [3.63, 3.8) is 0 Å². The fourth-order valence-electron chi connectivity index (χ4n) is 4.47. The van der Waals surface area contributed by atoms with Crippen molar-refractivity contribution in [2.24, 2.45) is 11.8 Å². The number of rotatable bonds is 9. The maximum atomic E-state index is 12.5. The van der Waals surface area contributed by atoms with E-state index in [1.165, 1.54) is 6.42 Å². The fourth-order valence-corrected chi connectivity index (χ4v) is 5.85. The van der Waals surface area contributed by atoms with Crippen LogP contribution in [0.3, 0.4) is 0 Å². The number of amides is 1. The van der Waals surface area contributed by atoms with Crippen molar-refractivity contribution in [3.05, 3.63) is 59.0 Å². The normalized spacial score (nSPS) is 20.0. The average Bonchev–Trinajstić information content (AvgIpc) is 3.11. The van der Waals surface area contributed by atoms with E-state index >= 15 is 0 Å². The van der Waals surface area contributed by atoms with E-state index < -0.39 is 9.84 Å². The highest BCUT2D eigenvalue weighted by Crippen LogP contribution is 2.21. The first-order valence-corrected chi connectivity index (χ1v) is 12.9. The van der Waals surface area contributed by atoms with E-state index in [0.29, 0.717) is 6.54 Å². The molecular formula is C24H34N2O4S. The van der Waals surface area contributed by atoms with Crippen LogP contribution in [0.2, 0.25) is 0 Å². The van der Waals surface area contributed by atoms with E-state index in [4.69, 9.17) is 4.42 Å². The second-order valence-electron chi connectivity index (χ2n) is 9.10. The third kappa shape index (κ3) is 7.51. The van der Waals surface area contributed by atoms with E-state index in [9.17, 15) is 13.2 Å². The predicted octanol–water partition coefficient (Wildman–Crippen LogP) is 3.80. The van der Waals surface area contributed by atoms with Crippen LogP contribution in [0.25, 0.3) is 0 Å². The van der Waals surface area contributed by atoms with E-state index in [2.05, 4.69) is 24.1 Å². The number of nitrogens with zero attached hydrogens (tertiary/aromatic N) is 1. The lowest BCUT2D eigenvalue weighted by Crippen LogP contribution is -2.40. The number of hydrogen-bond donors (Lipinski definition) is 1. The van der Waals surface area contributed by atoms with Gasteiger partial charge in [0.15, 0.2) is 15.6 Å². The summed E-state index contributed by atoms with van der Waals surface area (Å²) in [5.41, 5.74) is 1.77. The number of carbonyl (C=O) groups is 1. The van der Waals surface area contributed by atoms with Crippen LogP contribution >= 0.6 is 0 Å². The Bertz CT molecular complexity index is 973. The Morgan fingerprint density at radius 3 is 2.58 bits per heavy atom. The predicted molar refractivity (Wildman–Crippen MR) is 123 cm³/mol. The first-order valence-electron chi connectivity index (χ1n) is 11.1. The third-order valence-electron chi connectivity index (χ3n) is 5.60. The summed E-state index contributed by atoms with van der Waals surface area (Å²) in [6.07, 6.45) is 2.17. The Hall–Kier alpha value is -2.12. The molecule has 1 aromatic heterocycles. The number of hydrogen-bond acceptors (Lipinski definition) is 5. The van der Waals surface area contributed by atoms with Crippen LogP contribution in [0.1, 0.15) is 54.1 Å². The summed E-state index contributed by atoms with van der Waals surface area (Å²) in [7, 11) is -3.39. The summed E-state index contributed by atoms with van der Waals surface area (Å²) in [6.45, 7) is 10.3. The second-order valence-corrected chi connectivity index (χ2v) is 11.2. The summed E-state index contributed by atoms with van der Waals surface area (Å²) in [6, 6.07) is 10.6. The molecule has 1 aliphatic rings. The molecule has 0 radical (unpaired) electrons. The van der Waals surface area contributed by atoms with Gasteiger partial charge in [0.2, 0.25) is 0 Å². The molecule has 1 fully saturated rings. The quantitative estimate of drug-likeness (QED) is 0.593. The molecule has 0 bridgehead atoms. The van der Waals surface area contributed by atoms with Crippen molar-refractivity contribution >= 4 is 15.7 Å². The Morgan fingerprint density at radius 1 is 1.13 bits per heavy atom. The van der Waals surface area contributed by atoms with Gasteiger partial charge in [-0.2, -0.15) is 0 Å². The number of likely N-dealkylation sites (tertiary alicyclic amines) is 1. The van der Waals surface area contributed by atoms with Gasteiger partial charge in [0.1, 0.15) is 11.5 Å². The molecule has 1 aromatic carbocycles. The smallest absolute Gasteiger partial charge is 0.286 e. The van der Waals surface area contributed by atoms with Gasteiger partial charge in [-0.05, 0) is 55.8 Å². The maximum absolute atomic E-state index is 12.5. The standard InChI is InChI=1S/C24H34N2O4S/c1-18-6-4-7-21(13-18)16-31(28,29)17-22-8-9-23(30-22)24(27)25-10-5-11-26-14-19(2)12-20(3)15-26/h4,6-9,13,19-20H,5,10-12,14-17H2,1-3H3,(H,25,27). The summed E-state index contributed by atoms with van der Waals surface area (Å²) in [5, 5.41) is 2.87. The topological polar surface area (TPSA) is 79.6 Å². The molecule has 3 rings (SSSR count). The van der Waals surface area contributed by atoms with Crippen LogP contribution in [-0.4, -0.2) is 45.4 Å². The van der Waals surface area contributed by atoms with Crippen molar-refractivity contribution in [3.8, 4) is 0 Å². The average molecular weight is 447 g/mol. The maximum Gasteiger partial charge on any atom is 0.286 e. The summed E-state index contributed by atoms with van der Waals surface area (Å²) in [4.78, 5) is 14.8. The number of carbonyl (C=O) groups excluding carboxylic acids is 1. The lowest BCUT2D eigenvalue weighted by Gasteiger charge is -2.34. The number of benzene rings is 1. The van der Waals surface area contributed by atoms with Crippen molar-refractivity contribution in [1.82, 2.24) is 10.2 Å². The van der Waals surface area contributed by atoms with Gasteiger partial charge in [0.25, 0.3) is 5.91 Å². The van der Waals surface area contributed by atoms with Gasteiger partial charge in [-0.25, -0.2) is 8.42 Å². The molecule has 1 N–H and O–H groups in total. The monoisotopic (exact) mass is 446 g/mol. The van der Waals surface area contributed by atoms with Crippen LogP contribution in [0, 0.1) is 18.8 Å². The minimum absolute atomic E-state index is 0.0509. The van der Waals surface area contributed by atoms with E-state index in [-0.39, 0.29) is 28.9 Å². The van der Waals surface area contributed by atoms with Gasteiger partial charge < -0.3 is 14.6 Å². The van der Waals surface area contributed by atoms with Crippen LogP contribution in [-0.2, 0) is 21.3 Å². The van der Waals surface area contributed by atoms with Crippen LogP contribution < -0.4 is 5.32 Å². The molecule has 31 heavy (non-hydrogen) atoms. The molecule has 2 heterocycles. The van der Waals surface area contributed by atoms with Gasteiger partial charge in [-0.3, -0.25) is 4.79 Å². The Morgan fingerprint density at radius 2 is 1.87 bits per heavy atom. The number of furan rings is 1. The molecule has 170 valence electrons. The largest absolute Gasteiger partial charge is 0.455 e. The molecule has 1 saturated heterocycles. The highest BCUT2D eigenvalue weighted by molar-refractivity contribution is 7.89. The molecule has 0 spiro atoms. The summed E-state index contributed by atoms with van der Waals surface area (Å²) in [5.74, 6) is 1.31.